The molecule has 6 N–H and O–H groups in total. The average molecular weight is 439 g/mol. The lowest BCUT2D eigenvalue weighted by Crippen LogP contribution is -2.26. The number of nitrogens with zero attached hydrogens (tertiary/aromatic N) is 3. The fraction of sp³-hybridized carbons (Fsp3) is 0.0455. The summed E-state index contributed by atoms with van der Waals surface area (Å²) in [5, 5.41) is 2.67. The summed E-state index contributed by atoms with van der Waals surface area (Å²) >= 11 is 12.0. The number of aromatic nitrogens is 2. The second-order valence-electron chi connectivity index (χ2n) is 6.86. The van der Waals surface area contributed by atoms with Crippen LogP contribution in [0.25, 0.3) is 22.6 Å². The number of rotatable bonds is 5. The molecule has 0 unspecified atom stereocenters. The van der Waals surface area contributed by atoms with Crippen LogP contribution in [-0.2, 0) is 6.54 Å². The molecule has 0 saturated carbocycles. The molecule has 0 aliphatic rings. The van der Waals surface area contributed by atoms with Gasteiger partial charge in [0.05, 0.1) is 34.3 Å². The number of pyridine rings is 1. The number of fused-ring (bicyclic) bond motifs is 1. The molecule has 4 rings (SSSR count). The zero-order chi connectivity index (χ0) is 21.3. The van der Waals surface area contributed by atoms with Gasteiger partial charge >= 0.3 is 0 Å². The quantitative estimate of drug-likeness (QED) is 0.241. The third-order valence-corrected chi connectivity index (χ3v) is 5.25. The number of hydrogen-bond acceptors (Lipinski definition) is 5. The topological polar surface area (TPSA) is 98.6 Å². The van der Waals surface area contributed by atoms with Gasteiger partial charge in [0.2, 0.25) is 0 Å². The fourth-order valence-electron chi connectivity index (χ4n) is 3.27. The maximum Gasteiger partial charge on any atom is 0.137 e. The van der Waals surface area contributed by atoms with E-state index in [4.69, 9.17) is 45.5 Å². The molecule has 0 amide bonds. The standard InChI is InChI=1S/C22H20Cl2N6/c23-16-7-5-15(6-8-16)21-22(30-10-2-1-3-20(30)28-21)19(26)13-29(27)12-14-4-9-17(24)18(25)11-14/h1-11,13H,12,25-27H2/b19-13-. The molecule has 0 saturated heterocycles. The molecule has 0 aliphatic heterocycles. The summed E-state index contributed by atoms with van der Waals surface area (Å²) in [6.07, 6.45) is 3.60. The number of nitrogens with two attached hydrogens (primary N) is 3. The minimum Gasteiger partial charge on any atom is -0.398 e. The SMILES string of the molecule is N/C(=C\N(N)Cc1ccc(Cl)c(N)c1)c1c(-c2ccc(Cl)cc2)nc2ccccn12. The van der Waals surface area contributed by atoms with Crippen molar-refractivity contribution in [1.82, 2.24) is 14.4 Å². The third-order valence-electron chi connectivity index (χ3n) is 4.65. The number of hydrogen-bond donors (Lipinski definition) is 3. The monoisotopic (exact) mass is 438 g/mol. The lowest BCUT2D eigenvalue weighted by atomic mass is 10.1. The van der Waals surface area contributed by atoms with E-state index in [1.54, 1.807) is 18.3 Å². The van der Waals surface area contributed by atoms with Crippen LogP contribution in [0.5, 0.6) is 0 Å². The van der Waals surface area contributed by atoms with Gasteiger partial charge in [0.25, 0.3) is 0 Å². The van der Waals surface area contributed by atoms with Crippen LogP contribution in [0.3, 0.4) is 0 Å². The maximum atomic E-state index is 6.49. The van der Waals surface area contributed by atoms with Crippen molar-refractivity contribution in [3.63, 3.8) is 0 Å². The molecular weight excluding hydrogens is 419 g/mol. The second kappa shape index (κ2) is 8.28. The van der Waals surface area contributed by atoms with Gasteiger partial charge in [-0.3, -0.25) is 4.40 Å². The first kappa shape index (κ1) is 20.1. The number of benzene rings is 2. The molecule has 152 valence electrons. The Balaban J connectivity index is 1.72. The third kappa shape index (κ3) is 4.07. The van der Waals surface area contributed by atoms with E-state index >= 15 is 0 Å². The van der Waals surface area contributed by atoms with Gasteiger partial charge < -0.3 is 16.5 Å². The van der Waals surface area contributed by atoms with E-state index in [0.717, 1.165) is 28.2 Å². The number of halogens is 2. The zero-order valence-corrected chi connectivity index (χ0v) is 17.5. The first-order chi connectivity index (χ1) is 14.4. The van der Waals surface area contributed by atoms with Gasteiger partial charge in [-0.2, -0.15) is 0 Å². The van der Waals surface area contributed by atoms with Crippen LogP contribution in [0.1, 0.15) is 11.3 Å². The average Bonchev–Trinajstić information content (AvgIpc) is 3.11. The van der Waals surface area contributed by atoms with Crippen molar-refractivity contribution in [2.45, 2.75) is 6.54 Å². The number of imidazole rings is 1. The van der Waals surface area contributed by atoms with Crippen molar-refractivity contribution in [2.24, 2.45) is 11.6 Å². The Morgan fingerprint density at radius 1 is 1.07 bits per heavy atom. The Labute approximate surface area is 184 Å². The van der Waals surface area contributed by atoms with Crippen LogP contribution in [-0.4, -0.2) is 14.4 Å². The minimum absolute atomic E-state index is 0.412. The largest absolute Gasteiger partial charge is 0.398 e. The molecule has 0 fully saturated rings. The maximum absolute atomic E-state index is 6.49. The summed E-state index contributed by atoms with van der Waals surface area (Å²) in [5.41, 5.74) is 17.4. The van der Waals surface area contributed by atoms with Gasteiger partial charge in [-0.15, -0.1) is 0 Å². The molecule has 2 aromatic heterocycles. The highest BCUT2D eigenvalue weighted by atomic mass is 35.5. The highest BCUT2D eigenvalue weighted by Crippen LogP contribution is 2.29. The molecule has 0 radical (unpaired) electrons. The lowest BCUT2D eigenvalue weighted by molar-refractivity contribution is 0.388. The van der Waals surface area contributed by atoms with E-state index < -0.39 is 0 Å². The first-order valence-corrected chi connectivity index (χ1v) is 9.94. The van der Waals surface area contributed by atoms with Crippen LogP contribution in [0.2, 0.25) is 10.0 Å². The van der Waals surface area contributed by atoms with Crippen LogP contribution in [0, 0.1) is 0 Å². The van der Waals surface area contributed by atoms with Crippen LogP contribution in [0.15, 0.2) is 73.1 Å². The Hall–Kier alpha value is -3.19. The molecule has 4 aromatic rings. The molecule has 0 bridgehead atoms. The molecule has 0 spiro atoms. The molecule has 0 atom stereocenters. The smallest absolute Gasteiger partial charge is 0.137 e. The van der Waals surface area contributed by atoms with Crippen molar-refractivity contribution < 1.29 is 0 Å². The number of anilines is 1. The molecule has 2 heterocycles. The molecule has 0 aliphatic carbocycles. The summed E-state index contributed by atoms with van der Waals surface area (Å²) in [7, 11) is 0. The highest BCUT2D eigenvalue weighted by molar-refractivity contribution is 6.33. The predicted octanol–water partition coefficient (Wildman–Crippen LogP) is 4.52. The van der Waals surface area contributed by atoms with Crippen molar-refractivity contribution in [1.29, 1.82) is 0 Å². The molecule has 2 aromatic carbocycles. The summed E-state index contributed by atoms with van der Waals surface area (Å²) < 4.78 is 1.93. The van der Waals surface area contributed by atoms with Crippen molar-refractivity contribution in [3.05, 3.63) is 94.4 Å². The van der Waals surface area contributed by atoms with E-state index in [2.05, 4.69) is 0 Å². The van der Waals surface area contributed by atoms with E-state index in [1.165, 1.54) is 5.01 Å². The normalized spacial score (nSPS) is 11.8. The van der Waals surface area contributed by atoms with Crippen molar-refractivity contribution in [3.8, 4) is 11.3 Å². The van der Waals surface area contributed by atoms with E-state index in [-0.39, 0.29) is 0 Å². The minimum atomic E-state index is 0.412. The highest BCUT2D eigenvalue weighted by Gasteiger charge is 2.16. The van der Waals surface area contributed by atoms with Crippen LogP contribution in [0.4, 0.5) is 5.69 Å². The second-order valence-corrected chi connectivity index (χ2v) is 7.70. The molecule has 6 nitrogen and oxygen atoms in total. The lowest BCUT2D eigenvalue weighted by Gasteiger charge is -2.16. The van der Waals surface area contributed by atoms with Crippen LogP contribution >= 0.6 is 23.2 Å². The summed E-state index contributed by atoms with van der Waals surface area (Å²) in [4.78, 5) is 4.75. The Morgan fingerprint density at radius 3 is 2.57 bits per heavy atom. The van der Waals surface area contributed by atoms with Gasteiger partial charge in [0.1, 0.15) is 5.65 Å². The van der Waals surface area contributed by atoms with Gasteiger partial charge in [-0.05, 0) is 42.0 Å². The van der Waals surface area contributed by atoms with Crippen molar-refractivity contribution >= 4 is 40.2 Å². The Kier molecular flexibility index (Phi) is 5.55. The fourth-order valence-corrected chi connectivity index (χ4v) is 3.51. The number of hydrazine groups is 1. The predicted molar refractivity (Wildman–Crippen MR) is 123 cm³/mol. The number of nitrogen functional groups attached to an aromatic ring is 1. The summed E-state index contributed by atoms with van der Waals surface area (Å²) in [6, 6.07) is 18.7. The molecule has 8 heteroatoms. The first-order valence-electron chi connectivity index (χ1n) is 9.18. The van der Waals surface area contributed by atoms with Crippen molar-refractivity contribution in [2.75, 3.05) is 5.73 Å². The van der Waals surface area contributed by atoms with E-state index in [9.17, 15) is 0 Å². The van der Waals surface area contributed by atoms with Gasteiger partial charge in [0.15, 0.2) is 0 Å². The Bertz CT molecular complexity index is 1230. The van der Waals surface area contributed by atoms with Crippen LogP contribution < -0.4 is 17.3 Å². The molecule has 30 heavy (non-hydrogen) atoms. The van der Waals surface area contributed by atoms with E-state index in [0.29, 0.717) is 28.0 Å². The zero-order valence-electron chi connectivity index (χ0n) is 16.0. The van der Waals surface area contributed by atoms with Gasteiger partial charge in [0, 0.05) is 23.0 Å². The van der Waals surface area contributed by atoms with Gasteiger partial charge in [-0.25, -0.2) is 10.8 Å². The summed E-state index contributed by atoms with van der Waals surface area (Å²) in [5.74, 6) is 6.21. The summed E-state index contributed by atoms with van der Waals surface area (Å²) in [6.45, 7) is 0.412. The van der Waals surface area contributed by atoms with Gasteiger partial charge in [-0.1, -0.05) is 47.5 Å². The van der Waals surface area contributed by atoms with E-state index in [1.807, 2.05) is 59.1 Å². The Morgan fingerprint density at radius 2 is 1.83 bits per heavy atom. The molecular formula is C22H20Cl2N6.